The van der Waals surface area contributed by atoms with Crippen LogP contribution in [0, 0.1) is 5.82 Å². The zero-order valence-corrected chi connectivity index (χ0v) is 25.0. The van der Waals surface area contributed by atoms with E-state index in [-0.39, 0.29) is 30.2 Å². The number of urea groups is 1. The molecule has 3 aliphatic rings. The van der Waals surface area contributed by atoms with Crippen molar-refractivity contribution >= 4 is 29.7 Å². The van der Waals surface area contributed by atoms with Crippen molar-refractivity contribution in [3.63, 3.8) is 0 Å². The fourth-order valence-electron chi connectivity index (χ4n) is 5.26. The molecule has 0 unspecified atom stereocenters. The summed E-state index contributed by atoms with van der Waals surface area (Å²) >= 11 is 5.95. The molecule has 0 radical (unpaired) electrons. The summed E-state index contributed by atoms with van der Waals surface area (Å²) in [7, 11) is 0. The Morgan fingerprint density at radius 1 is 1.17 bits per heavy atom. The highest BCUT2D eigenvalue weighted by Crippen LogP contribution is 2.28. The van der Waals surface area contributed by atoms with Crippen LogP contribution < -0.4 is 10.6 Å². The highest BCUT2D eigenvalue weighted by atomic mass is 35.5. The number of aromatic nitrogens is 2. The molecule has 1 aromatic carbocycles. The van der Waals surface area contributed by atoms with Crippen molar-refractivity contribution in [3.8, 4) is 0 Å². The molecule has 2 atom stereocenters. The summed E-state index contributed by atoms with van der Waals surface area (Å²) in [4.78, 5) is 38.9. The van der Waals surface area contributed by atoms with Crippen LogP contribution in [-0.4, -0.2) is 89.1 Å². The number of carbonyl (C=O) groups is 2. The number of nitrogens with one attached hydrogen (secondary N) is 2. The highest BCUT2D eigenvalue weighted by molar-refractivity contribution is 6.30. The van der Waals surface area contributed by atoms with Crippen LogP contribution in [0.25, 0.3) is 0 Å². The van der Waals surface area contributed by atoms with Crippen LogP contribution >= 0.6 is 11.6 Å². The zero-order chi connectivity index (χ0) is 29.9. The Kier molecular flexibility index (Phi) is 9.34. The Morgan fingerprint density at radius 3 is 2.69 bits per heavy atom. The predicted octanol–water partition coefficient (Wildman–Crippen LogP) is 4.30. The molecule has 11 nitrogen and oxygen atoms in total. The maximum atomic E-state index is 14.6. The van der Waals surface area contributed by atoms with Gasteiger partial charge in [0.25, 0.3) is 0 Å². The number of amides is 3. The lowest BCUT2D eigenvalue weighted by Crippen LogP contribution is -2.53. The first kappa shape index (κ1) is 30.2. The molecule has 2 N–H and O–H groups in total. The van der Waals surface area contributed by atoms with E-state index in [9.17, 15) is 14.0 Å². The zero-order valence-electron chi connectivity index (χ0n) is 24.2. The number of hydrogen-bond donors (Lipinski definition) is 2. The van der Waals surface area contributed by atoms with Gasteiger partial charge in [-0.25, -0.2) is 23.9 Å². The second kappa shape index (κ2) is 13.0. The van der Waals surface area contributed by atoms with E-state index in [1.165, 1.54) is 12.1 Å². The summed E-state index contributed by atoms with van der Waals surface area (Å²) in [5, 5.41) is 6.39. The molecule has 2 saturated heterocycles. The van der Waals surface area contributed by atoms with Crippen molar-refractivity contribution < 1.29 is 28.2 Å². The average molecular weight is 605 g/mol. The quantitative estimate of drug-likeness (QED) is 0.519. The number of anilines is 1. The van der Waals surface area contributed by atoms with Gasteiger partial charge in [0.1, 0.15) is 11.4 Å². The molecule has 0 bridgehead atoms. The number of hydrogen-bond acceptors (Lipinski definition) is 8. The van der Waals surface area contributed by atoms with Gasteiger partial charge in [-0.3, -0.25) is 0 Å². The Hall–Kier alpha value is -3.22. The third-order valence-electron chi connectivity index (χ3n) is 7.49. The molecule has 5 rings (SSSR count). The van der Waals surface area contributed by atoms with E-state index >= 15 is 0 Å². The van der Waals surface area contributed by atoms with Crippen molar-refractivity contribution in [1.29, 1.82) is 0 Å². The molecule has 228 valence electrons. The minimum Gasteiger partial charge on any atom is -0.444 e. The Labute approximate surface area is 250 Å². The van der Waals surface area contributed by atoms with E-state index in [0.29, 0.717) is 50.8 Å². The van der Waals surface area contributed by atoms with Crippen LogP contribution in [0.1, 0.15) is 56.5 Å². The maximum Gasteiger partial charge on any atom is 0.410 e. The number of nitrogens with zero attached hydrogens (tertiary/aromatic N) is 4. The second-order valence-corrected chi connectivity index (χ2v) is 12.2. The monoisotopic (exact) mass is 604 g/mol. The number of halogens is 2. The molecule has 0 aliphatic carbocycles. The van der Waals surface area contributed by atoms with Crippen molar-refractivity contribution in [2.24, 2.45) is 0 Å². The molecular weight excluding hydrogens is 567 g/mol. The summed E-state index contributed by atoms with van der Waals surface area (Å²) in [5.74, 6) is -0.0726. The van der Waals surface area contributed by atoms with Crippen LogP contribution in [0.5, 0.6) is 0 Å². The first-order valence-electron chi connectivity index (χ1n) is 14.3. The molecule has 42 heavy (non-hydrogen) atoms. The molecule has 2 aromatic rings. The molecule has 0 saturated carbocycles. The van der Waals surface area contributed by atoms with Crippen molar-refractivity contribution in [2.75, 3.05) is 44.8 Å². The van der Waals surface area contributed by atoms with E-state index in [4.69, 9.17) is 30.8 Å². The van der Waals surface area contributed by atoms with Gasteiger partial charge < -0.3 is 34.6 Å². The first-order chi connectivity index (χ1) is 20.1. The van der Waals surface area contributed by atoms with E-state index < -0.39 is 29.7 Å². The minimum absolute atomic E-state index is 0.0266. The van der Waals surface area contributed by atoms with Crippen molar-refractivity contribution in [1.82, 2.24) is 25.1 Å². The fourth-order valence-corrected chi connectivity index (χ4v) is 5.38. The molecule has 3 aliphatic heterocycles. The number of benzene rings is 1. The van der Waals surface area contributed by atoms with Crippen LogP contribution in [0.4, 0.5) is 19.9 Å². The Balaban J connectivity index is 1.31. The van der Waals surface area contributed by atoms with Crippen LogP contribution in [-0.2, 0) is 27.2 Å². The smallest absolute Gasteiger partial charge is 0.410 e. The molecule has 3 amide bonds. The summed E-state index contributed by atoms with van der Waals surface area (Å²) in [5.41, 5.74) is 1.59. The summed E-state index contributed by atoms with van der Waals surface area (Å²) in [6.45, 7) is 8.30. The lowest BCUT2D eigenvalue weighted by atomic mass is 9.99. The van der Waals surface area contributed by atoms with Gasteiger partial charge in [-0.1, -0.05) is 17.7 Å². The maximum absolute atomic E-state index is 14.6. The number of rotatable bonds is 5. The molecule has 13 heteroatoms. The third-order valence-corrected chi connectivity index (χ3v) is 7.79. The third kappa shape index (κ3) is 7.59. The number of ether oxygens (including phenoxy) is 3. The molecule has 0 spiro atoms. The highest BCUT2D eigenvalue weighted by Gasteiger charge is 2.36. The van der Waals surface area contributed by atoms with Crippen molar-refractivity contribution in [2.45, 2.75) is 70.4 Å². The van der Waals surface area contributed by atoms with Crippen LogP contribution in [0.15, 0.2) is 24.4 Å². The van der Waals surface area contributed by atoms with Gasteiger partial charge >= 0.3 is 12.1 Å². The van der Waals surface area contributed by atoms with Crippen LogP contribution in [0.2, 0.25) is 5.02 Å². The predicted molar refractivity (Wildman–Crippen MR) is 154 cm³/mol. The molecule has 4 heterocycles. The van der Waals surface area contributed by atoms with E-state index in [1.807, 2.05) is 6.20 Å². The fraction of sp³-hybridized carbons (Fsp3) is 0.586. The van der Waals surface area contributed by atoms with Crippen LogP contribution in [0.3, 0.4) is 0 Å². The summed E-state index contributed by atoms with van der Waals surface area (Å²) in [6.07, 6.45) is 3.07. The van der Waals surface area contributed by atoms with Gasteiger partial charge in [0.05, 0.1) is 42.6 Å². The number of fused-ring (bicyclic) bond motifs is 1. The number of morpholine rings is 1. The van der Waals surface area contributed by atoms with Gasteiger partial charge in [0, 0.05) is 38.5 Å². The summed E-state index contributed by atoms with van der Waals surface area (Å²) in [6, 6.07) is 3.52. The molecule has 2 fully saturated rings. The minimum atomic E-state index is -0.757. The SMILES string of the molecule is CC(C)(C)OC(=O)N1CCO[C@H]([C@@H](NC(=O)N2CCc3cnc(NC4CCOCC4)nc3C2)c2ccc(Cl)c(F)c2)C1. The van der Waals surface area contributed by atoms with E-state index in [1.54, 1.807) is 36.6 Å². The van der Waals surface area contributed by atoms with Gasteiger partial charge in [0.15, 0.2) is 0 Å². The Morgan fingerprint density at radius 2 is 1.95 bits per heavy atom. The van der Waals surface area contributed by atoms with E-state index in [0.717, 1.165) is 24.1 Å². The second-order valence-electron chi connectivity index (χ2n) is 11.8. The van der Waals surface area contributed by atoms with Gasteiger partial charge in [-0.05, 0) is 63.3 Å². The van der Waals surface area contributed by atoms with E-state index in [2.05, 4.69) is 15.6 Å². The number of carbonyl (C=O) groups excluding carboxylic acids is 2. The average Bonchev–Trinajstić information content (AvgIpc) is 2.96. The van der Waals surface area contributed by atoms with Gasteiger partial charge in [-0.15, -0.1) is 0 Å². The lowest BCUT2D eigenvalue weighted by Gasteiger charge is -2.39. The van der Waals surface area contributed by atoms with Crippen molar-refractivity contribution in [3.05, 3.63) is 52.1 Å². The first-order valence-corrected chi connectivity index (χ1v) is 14.7. The normalized spacial score (nSPS) is 20.5. The lowest BCUT2D eigenvalue weighted by molar-refractivity contribution is -0.0544. The van der Waals surface area contributed by atoms with Gasteiger partial charge in [-0.2, -0.15) is 0 Å². The molecule has 1 aromatic heterocycles. The topological polar surface area (TPSA) is 118 Å². The largest absolute Gasteiger partial charge is 0.444 e. The summed E-state index contributed by atoms with van der Waals surface area (Å²) < 4.78 is 31.6. The standard InChI is InChI=1S/C29H38ClFN6O5/c1-29(2,3)42-28(39)37-10-13-41-24(17-37)25(18-4-5-21(30)22(31)14-18)35-27(38)36-9-6-19-15-32-26(34-23(19)16-36)33-20-7-11-40-12-8-20/h4-5,14-15,20,24-25H,6-13,16-17H2,1-3H3,(H,35,38)(H,32,33,34)/t24-,25-/m0/s1. The van der Waals surface area contributed by atoms with Gasteiger partial charge in [0.2, 0.25) is 5.95 Å². The Bertz CT molecular complexity index is 1290. The molecular formula is C29H38ClFN6O5.